The molecule has 1 amide bonds. The number of aryl methyl sites for hydroxylation is 2. The Labute approximate surface area is 176 Å². The van der Waals surface area contributed by atoms with Crippen molar-refractivity contribution < 1.29 is 9.18 Å². The highest BCUT2D eigenvalue weighted by atomic mass is 35.5. The van der Waals surface area contributed by atoms with E-state index in [2.05, 4.69) is 10.2 Å². The number of nitrogens with zero attached hydrogens (tertiary/aromatic N) is 3. The molecule has 0 aliphatic carbocycles. The average molecular weight is 419 g/mol. The summed E-state index contributed by atoms with van der Waals surface area (Å²) >= 11 is 5.77. The maximum atomic E-state index is 13.7. The van der Waals surface area contributed by atoms with E-state index in [4.69, 9.17) is 21.6 Å². The van der Waals surface area contributed by atoms with Gasteiger partial charge in [0.1, 0.15) is 11.6 Å². The van der Waals surface area contributed by atoms with Crippen LogP contribution in [0.3, 0.4) is 0 Å². The molecule has 0 spiro atoms. The van der Waals surface area contributed by atoms with Gasteiger partial charge < -0.3 is 5.32 Å². The summed E-state index contributed by atoms with van der Waals surface area (Å²) in [4.78, 5) is 23.8. The fraction of sp³-hybridized carbons (Fsp3) is 0.500. The summed E-state index contributed by atoms with van der Waals surface area (Å²) in [6, 6.07) is 5.07. The van der Waals surface area contributed by atoms with Gasteiger partial charge in [-0.1, -0.05) is 17.7 Å². The number of nitrogens with one attached hydrogen (secondary N) is 1. The third kappa shape index (κ3) is 5.52. The zero-order chi connectivity index (χ0) is 21.1. The lowest BCUT2D eigenvalue weighted by Gasteiger charge is -2.17. The molecule has 29 heavy (non-hydrogen) atoms. The van der Waals surface area contributed by atoms with Crippen LogP contribution in [-0.2, 0) is 17.8 Å². The highest BCUT2D eigenvalue weighted by Gasteiger charge is 2.27. The predicted octanol–water partition coefficient (Wildman–Crippen LogP) is 3.94. The van der Waals surface area contributed by atoms with Crippen molar-refractivity contribution in [1.29, 1.82) is 0 Å². The molecule has 1 aromatic heterocycles. The van der Waals surface area contributed by atoms with Crippen LogP contribution in [0.15, 0.2) is 18.2 Å². The normalized spacial score (nSPS) is 17.1. The number of rotatable bonds is 6. The van der Waals surface area contributed by atoms with Gasteiger partial charge in [-0.3, -0.25) is 9.69 Å². The molecule has 0 saturated carbocycles. The van der Waals surface area contributed by atoms with Gasteiger partial charge in [-0.25, -0.2) is 14.4 Å². The van der Waals surface area contributed by atoms with Gasteiger partial charge in [0, 0.05) is 42.0 Å². The third-order valence-corrected chi connectivity index (χ3v) is 5.56. The number of aromatic nitrogens is 2. The Morgan fingerprint density at radius 1 is 1.31 bits per heavy atom. The van der Waals surface area contributed by atoms with E-state index in [1.54, 1.807) is 6.07 Å². The third-order valence-electron chi connectivity index (χ3n) is 5.25. The van der Waals surface area contributed by atoms with Crippen molar-refractivity contribution >= 4 is 17.5 Å². The van der Waals surface area contributed by atoms with Gasteiger partial charge in [-0.2, -0.15) is 0 Å². The number of halogens is 2. The standard InChI is InChI=1S/C22H28ClFN4O/c1-13(2)25-21(29)10-18-14(3)26-22(27-15(18)4)17-7-8-28(12-17)11-16-5-6-19(23)20(24)9-16/h5-6,9,13,17H,7-8,10-12H2,1-4H3,(H,25,29)/t17-/m1/s1. The Bertz CT molecular complexity index is 879. The fourth-order valence-corrected chi connectivity index (χ4v) is 3.94. The summed E-state index contributed by atoms with van der Waals surface area (Å²) in [6.07, 6.45) is 1.26. The molecule has 5 nitrogen and oxygen atoms in total. The number of likely N-dealkylation sites (tertiary alicyclic amines) is 1. The van der Waals surface area contributed by atoms with Crippen LogP contribution >= 0.6 is 11.6 Å². The summed E-state index contributed by atoms with van der Waals surface area (Å²) < 4.78 is 13.7. The molecule has 2 aromatic rings. The van der Waals surface area contributed by atoms with Crippen LogP contribution in [0.25, 0.3) is 0 Å². The molecule has 2 heterocycles. The van der Waals surface area contributed by atoms with Crippen molar-refractivity contribution in [2.75, 3.05) is 13.1 Å². The summed E-state index contributed by atoms with van der Waals surface area (Å²) in [6.45, 7) is 10.2. The fourth-order valence-electron chi connectivity index (χ4n) is 3.82. The number of carbonyl (C=O) groups is 1. The summed E-state index contributed by atoms with van der Waals surface area (Å²) in [5.74, 6) is 0.678. The van der Waals surface area contributed by atoms with E-state index < -0.39 is 0 Å². The first kappa shape index (κ1) is 21.7. The Balaban J connectivity index is 1.66. The quantitative estimate of drug-likeness (QED) is 0.771. The van der Waals surface area contributed by atoms with Gasteiger partial charge in [0.15, 0.2) is 0 Å². The zero-order valence-corrected chi connectivity index (χ0v) is 18.2. The second kappa shape index (κ2) is 9.18. The monoisotopic (exact) mass is 418 g/mol. The molecule has 1 saturated heterocycles. The number of hydrogen-bond donors (Lipinski definition) is 1. The molecule has 1 N–H and O–H groups in total. The first-order chi connectivity index (χ1) is 13.7. The van der Waals surface area contributed by atoms with Crippen LogP contribution in [0, 0.1) is 19.7 Å². The molecule has 7 heteroatoms. The molecule has 1 aliphatic heterocycles. The van der Waals surface area contributed by atoms with Crippen molar-refractivity contribution in [3.63, 3.8) is 0 Å². The minimum Gasteiger partial charge on any atom is -0.354 e. The molecule has 0 radical (unpaired) electrons. The maximum absolute atomic E-state index is 13.7. The lowest BCUT2D eigenvalue weighted by molar-refractivity contribution is -0.120. The van der Waals surface area contributed by atoms with Gasteiger partial charge in [0.05, 0.1) is 11.4 Å². The molecular weight excluding hydrogens is 391 g/mol. The Kier molecular flexibility index (Phi) is 6.85. The minimum atomic E-state index is -0.383. The number of amides is 1. The second-order valence-corrected chi connectivity index (χ2v) is 8.51. The highest BCUT2D eigenvalue weighted by molar-refractivity contribution is 6.30. The van der Waals surface area contributed by atoms with Gasteiger partial charge in [-0.05, 0) is 58.4 Å². The Morgan fingerprint density at radius 3 is 2.62 bits per heavy atom. The molecule has 0 unspecified atom stereocenters. The molecular formula is C22H28ClFN4O. The topological polar surface area (TPSA) is 58.1 Å². The van der Waals surface area contributed by atoms with Gasteiger partial charge in [-0.15, -0.1) is 0 Å². The number of carbonyl (C=O) groups excluding carboxylic acids is 1. The zero-order valence-electron chi connectivity index (χ0n) is 17.4. The summed E-state index contributed by atoms with van der Waals surface area (Å²) in [5.41, 5.74) is 3.54. The van der Waals surface area contributed by atoms with Crippen LogP contribution in [0.4, 0.5) is 4.39 Å². The average Bonchev–Trinajstić information content (AvgIpc) is 3.09. The molecule has 0 bridgehead atoms. The molecule has 156 valence electrons. The van der Waals surface area contributed by atoms with Crippen molar-refractivity contribution in [3.8, 4) is 0 Å². The van der Waals surface area contributed by atoms with Gasteiger partial charge in [0.25, 0.3) is 0 Å². The lowest BCUT2D eigenvalue weighted by atomic mass is 10.0. The molecule has 1 aliphatic rings. The van der Waals surface area contributed by atoms with Crippen LogP contribution in [0.5, 0.6) is 0 Å². The molecule has 1 aromatic carbocycles. The summed E-state index contributed by atoms with van der Waals surface area (Å²) in [5, 5.41) is 3.06. The van der Waals surface area contributed by atoms with E-state index in [0.29, 0.717) is 13.0 Å². The Morgan fingerprint density at radius 2 is 2.00 bits per heavy atom. The second-order valence-electron chi connectivity index (χ2n) is 8.10. The summed E-state index contributed by atoms with van der Waals surface area (Å²) in [7, 11) is 0. The smallest absolute Gasteiger partial charge is 0.224 e. The molecule has 1 fully saturated rings. The van der Waals surface area contributed by atoms with Gasteiger partial charge >= 0.3 is 0 Å². The van der Waals surface area contributed by atoms with Crippen molar-refractivity contribution in [2.45, 2.75) is 59.0 Å². The SMILES string of the molecule is Cc1nc([C@@H]2CCN(Cc3ccc(Cl)c(F)c3)C2)nc(C)c1CC(=O)NC(C)C. The van der Waals surface area contributed by atoms with E-state index in [-0.39, 0.29) is 28.7 Å². The number of hydrogen-bond acceptors (Lipinski definition) is 4. The first-order valence-electron chi connectivity index (χ1n) is 10.0. The van der Waals surface area contributed by atoms with Gasteiger partial charge in [0.2, 0.25) is 5.91 Å². The first-order valence-corrected chi connectivity index (χ1v) is 10.4. The van der Waals surface area contributed by atoms with Crippen LogP contribution in [0.1, 0.15) is 54.5 Å². The van der Waals surface area contributed by atoms with E-state index in [0.717, 1.165) is 47.8 Å². The van der Waals surface area contributed by atoms with E-state index >= 15 is 0 Å². The largest absolute Gasteiger partial charge is 0.354 e. The molecule has 1 atom stereocenters. The van der Waals surface area contributed by atoms with Crippen molar-refractivity contribution in [1.82, 2.24) is 20.2 Å². The van der Waals surface area contributed by atoms with E-state index in [1.165, 1.54) is 6.07 Å². The number of benzene rings is 1. The van der Waals surface area contributed by atoms with E-state index in [9.17, 15) is 9.18 Å². The van der Waals surface area contributed by atoms with E-state index in [1.807, 2.05) is 33.8 Å². The van der Waals surface area contributed by atoms with Crippen LogP contribution in [-0.4, -0.2) is 39.9 Å². The van der Waals surface area contributed by atoms with Crippen LogP contribution in [0.2, 0.25) is 5.02 Å². The maximum Gasteiger partial charge on any atom is 0.224 e. The van der Waals surface area contributed by atoms with Crippen molar-refractivity contribution in [3.05, 3.63) is 57.4 Å². The molecule has 3 rings (SSSR count). The van der Waals surface area contributed by atoms with Crippen molar-refractivity contribution in [2.24, 2.45) is 0 Å². The predicted molar refractivity (Wildman–Crippen MR) is 113 cm³/mol. The lowest BCUT2D eigenvalue weighted by Crippen LogP contribution is -2.32. The highest BCUT2D eigenvalue weighted by Crippen LogP contribution is 2.28. The Hall–Kier alpha value is -2.05. The minimum absolute atomic E-state index is 0.00946. The van der Waals surface area contributed by atoms with Crippen LogP contribution < -0.4 is 5.32 Å².